The first-order valence-electron chi connectivity index (χ1n) is 11.5. The number of carbonyl (C=O) groups excluding carboxylic acids is 1. The summed E-state index contributed by atoms with van der Waals surface area (Å²) in [6.45, 7) is 0. The Kier molecular flexibility index (Phi) is 6.40. The molecule has 0 bridgehead atoms. The Bertz CT molecular complexity index is 1300. The predicted molar refractivity (Wildman–Crippen MR) is 133 cm³/mol. The lowest BCUT2D eigenvalue weighted by molar-refractivity contribution is 0.102. The van der Waals surface area contributed by atoms with E-state index in [2.05, 4.69) is 30.9 Å². The molecule has 5 N–H and O–H groups in total. The monoisotopic (exact) mass is 473 g/mol. The van der Waals surface area contributed by atoms with Crippen molar-refractivity contribution in [2.75, 3.05) is 23.1 Å². The molecule has 11 nitrogen and oxygen atoms in total. The number of nitrogens with two attached hydrogens (primary N) is 1. The fourth-order valence-electron chi connectivity index (χ4n) is 4.10. The van der Waals surface area contributed by atoms with Crippen LogP contribution in [-0.4, -0.2) is 49.7 Å². The lowest BCUT2D eigenvalue weighted by Crippen LogP contribution is -2.33. The molecule has 1 aliphatic carbocycles. The Morgan fingerprint density at radius 1 is 1.06 bits per heavy atom. The van der Waals surface area contributed by atoms with Gasteiger partial charge in [0.2, 0.25) is 0 Å². The number of rotatable bonds is 7. The van der Waals surface area contributed by atoms with Gasteiger partial charge in [0, 0.05) is 36.2 Å². The minimum Gasteiger partial charge on any atom is -0.495 e. The molecule has 0 atom stereocenters. The molecule has 1 fully saturated rings. The van der Waals surface area contributed by atoms with E-state index in [-0.39, 0.29) is 18.0 Å². The molecule has 0 radical (unpaired) electrons. The maximum atomic E-state index is 13.1. The predicted octanol–water partition coefficient (Wildman–Crippen LogP) is 3.21. The van der Waals surface area contributed by atoms with Crippen LogP contribution < -0.4 is 26.4 Å². The van der Waals surface area contributed by atoms with Crippen molar-refractivity contribution in [2.45, 2.75) is 37.8 Å². The third-order valence-electron chi connectivity index (χ3n) is 6.00. The minimum absolute atomic E-state index is 0.249. The van der Waals surface area contributed by atoms with Crippen molar-refractivity contribution in [3.8, 4) is 5.75 Å². The number of methoxy groups -OCH3 is 1. The van der Waals surface area contributed by atoms with Gasteiger partial charge in [0.25, 0.3) is 5.91 Å². The summed E-state index contributed by atoms with van der Waals surface area (Å²) < 4.78 is 6.74. The van der Waals surface area contributed by atoms with Crippen LogP contribution >= 0.6 is 0 Å². The van der Waals surface area contributed by atoms with Crippen molar-refractivity contribution < 1.29 is 9.53 Å². The molecule has 4 heterocycles. The second-order valence-electron chi connectivity index (χ2n) is 8.48. The third-order valence-corrected chi connectivity index (χ3v) is 6.00. The van der Waals surface area contributed by atoms with Gasteiger partial charge >= 0.3 is 0 Å². The van der Waals surface area contributed by atoms with Crippen LogP contribution in [0.2, 0.25) is 0 Å². The molecule has 35 heavy (non-hydrogen) atoms. The van der Waals surface area contributed by atoms with Gasteiger partial charge in [-0.05, 0) is 49.9 Å². The zero-order valence-electron chi connectivity index (χ0n) is 19.3. The highest BCUT2D eigenvalue weighted by atomic mass is 16.5. The molecular weight excluding hydrogens is 446 g/mol. The molecule has 180 valence electrons. The van der Waals surface area contributed by atoms with E-state index in [0.717, 1.165) is 25.7 Å². The van der Waals surface area contributed by atoms with Gasteiger partial charge in [0.1, 0.15) is 17.4 Å². The number of pyridine rings is 2. The Labute approximate surface area is 202 Å². The maximum Gasteiger partial charge on any atom is 0.276 e. The zero-order chi connectivity index (χ0) is 24.2. The van der Waals surface area contributed by atoms with E-state index in [1.165, 1.54) is 6.20 Å². The summed E-state index contributed by atoms with van der Waals surface area (Å²) in [6.07, 6.45) is 10.2. The number of carbonyl (C=O) groups is 1. The molecular formula is C24H27N9O2. The Morgan fingerprint density at radius 3 is 2.57 bits per heavy atom. The summed E-state index contributed by atoms with van der Waals surface area (Å²) in [5.41, 5.74) is 8.17. The van der Waals surface area contributed by atoms with Crippen LogP contribution in [0.25, 0.3) is 5.65 Å². The number of nitrogens with one attached hydrogen (secondary N) is 3. The van der Waals surface area contributed by atoms with Crippen LogP contribution in [0.5, 0.6) is 5.75 Å². The lowest BCUT2D eigenvalue weighted by Gasteiger charge is -2.27. The molecule has 0 aliphatic heterocycles. The van der Waals surface area contributed by atoms with Crippen molar-refractivity contribution in [2.24, 2.45) is 5.73 Å². The first kappa shape index (κ1) is 22.5. The molecule has 11 heteroatoms. The average Bonchev–Trinajstić information content (AvgIpc) is 3.31. The second-order valence-corrected chi connectivity index (χ2v) is 8.48. The highest BCUT2D eigenvalue weighted by Crippen LogP contribution is 2.27. The highest BCUT2D eigenvalue weighted by molar-refractivity contribution is 6.03. The van der Waals surface area contributed by atoms with Gasteiger partial charge in [-0.3, -0.25) is 9.78 Å². The Balaban J connectivity index is 1.48. The normalized spacial score (nSPS) is 17.7. The van der Waals surface area contributed by atoms with Gasteiger partial charge in [-0.2, -0.15) is 0 Å². The topological polar surface area (TPSA) is 144 Å². The number of aromatic nitrogens is 5. The number of hydrogen-bond donors (Lipinski definition) is 4. The molecule has 4 aromatic rings. The number of ether oxygens (including phenoxy) is 1. The average molecular weight is 474 g/mol. The van der Waals surface area contributed by atoms with Crippen LogP contribution in [0.15, 0.2) is 55.1 Å². The molecule has 0 aromatic carbocycles. The number of imidazole rings is 1. The second kappa shape index (κ2) is 9.94. The third kappa shape index (κ3) is 5.14. The molecule has 4 aromatic heterocycles. The van der Waals surface area contributed by atoms with E-state index in [1.807, 2.05) is 18.2 Å². The summed E-state index contributed by atoms with van der Waals surface area (Å²) in [7, 11) is 1.59. The zero-order valence-corrected chi connectivity index (χ0v) is 19.3. The van der Waals surface area contributed by atoms with Gasteiger partial charge < -0.3 is 26.4 Å². The van der Waals surface area contributed by atoms with Crippen molar-refractivity contribution in [1.29, 1.82) is 0 Å². The summed E-state index contributed by atoms with van der Waals surface area (Å²) >= 11 is 0. The molecule has 0 spiro atoms. The van der Waals surface area contributed by atoms with Crippen LogP contribution in [0.1, 0.15) is 36.2 Å². The van der Waals surface area contributed by atoms with Crippen molar-refractivity contribution in [3.05, 3.63) is 60.8 Å². The van der Waals surface area contributed by atoms with Gasteiger partial charge in [0.05, 0.1) is 25.2 Å². The number of anilines is 4. The maximum absolute atomic E-state index is 13.1. The van der Waals surface area contributed by atoms with Crippen molar-refractivity contribution in [1.82, 2.24) is 24.6 Å². The number of fused-ring (bicyclic) bond motifs is 1. The van der Waals surface area contributed by atoms with Crippen LogP contribution in [0, 0.1) is 0 Å². The summed E-state index contributed by atoms with van der Waals surface area (Å²) in [5.74, 6) is 1.57. The number of nitrogens with zero attached hydrogens (tertiary/aromatic N) is 5. The Morgan fingerprint density at radius 2 is 1.86 bits per heavy atom. The smallest absolute Gasteiger partial charge is 0.276 e. The Hall–Kier alpha value is -4.25. The summed E-state index contributed by atoms with van der Waals surface area (Å²) in [4.78, 5) is 25.9. The first-order chi connectivity index (χ1) is 17.1. The SMILES string of the molecule is COc1ccc(Nc2cc(NC3CCC(N)CC3)nn3c(C(=O)Nc4ccncc4)cnc23)nc1. The van der Waals surface area contributed by atoms with Gasteiger partial charge in [-0.1, -0.05) is 0 Å². The first-order valence-corrected chi connectivity index (χ1v) is 11.5. The largest absolute Gasteiger partial charge is 0.495 e. The lowest BCUT2D eigenvalue weighted by atomic mass is 9.92. The van der Waals surface area contributed by atoms with E-state index >= 15 is 0 Å². The summed E-state index contributed by atoms with van der Waals surface area (Å²) in [5, 5.41) is 14.4. The van der Waals surface area contributed by atoms with Crippen LogP contribution in [0.3, 0.4) is 0 Å². The van der Waals surface area contributed by atoms with E-state index < -0.39 is 0 Å². The van der Waals surface area contributed by atoms with Crippen molar-refractivity contribution in [3.63, 3.8) is 0 Å². The number of amides is 1. The molecule has 1 saturated carbocycles. The molecule has 5 rings (SSSR count). The molecule has 1 amide bonds. The van der Waals surface area contributed by atoms with Crippen LogP contribution in [-0.2, 0) is 0 Å². The number of hydrogen-bond acceptors (Lipinski definition) is 9. The van der Waals surface area contributed by atoms with Gasteiger partial charge in [0.15, 0.2) is 11.3 Å². The van der Waals surface area contributed by atoms with Crippen LogP contribution in [0.4, 0.5) is 23.0 Å². The molecule has 0 saturated heterocycles. The summed E-state index contributed by atoms with van der Waals surface area (Å²) in [6, 6.07) is 9.45. The fraction of sp³-hybridized carbons (Fsp3) is 0.292. The van der Waals surface area contributed by atoms with E-state index in [9.17, 15) is 4.79 Å². The van der Waals surface area contributed by atoms with E-state index in [1.54, 1.807) is 42.3 Å². The van der Waals surface area contributed by atoms with E-state index in [0.29, 0.717) is 40.1 Å². The minimum atomic E-state index is -0.328. The molecule has 0 unspecified atom stereocenters. The van der Waals surface area contributed by atoms with Gasteiger partial charge in [-0.15, -0.1) is 5.10 Å². The highest BCUT2D eigenvalue weighted by Gasteiger charge is 2.21. The van der Waals surface area contributed by atoms with E-state index in [4.69, 9.17) is 15.6 Å². The molecule has 1 aliphatic rings. The van der Waals surface area contributed by atoms with Crippen molar-refractivity contribution >= 4 is 34.6 Å². The van der Waals surface area contributed by atoms with Gasteiger partial charge in [-0.25, -0.2) is 14.5 Å². The quantitative estimate of drug-likeness (QED) is 0.318. The standard InChI is InChI=1S/C24H27N9O2/c1-35-18-6-7-21(27-13-18)31-19-12-22(29-16-4-2-15(25)3-5-16)32-33-20(14-28-23(19)33)24(34)30-17-8-10-26-11-9-17/h6-16H,2-5,25H2,1H3,(H,27,31)(H,29,32)(H,26,30,34). The fourth-order valence-corrected chi connectivity index (χ4v) is 4.10.